The van der Waals surface area contributed by atoms with Crippen LogP contribution in [0.5, 0.6) is 5.75 Å². The molecule has 0 fully saturated rings. The van der Waals surface area contributed by atoms with Gasteiger partial charge in [0.05, 0.1) is 13.2 Å². The van der Waals surface area contributed by atoms with E-state index in [9.17, 15) is 0 Å². The number of pyridine rings is 1. The number of hydrogen-bond donors (Lipinski definition) is 2. The van der Waals surface area contributed by atoms with E-state index in [1.54, 1.807) is 13.3 Å². The van der Waals surface area contributed by atoms with E-state index in [0.29, 0.717) is 16.7 Å². The monoisotopic (exact) mass is 301 g/mol. The molecule has 0 radical (unpaired) electrons. The third-order valence-corrected chi connectivity index (χ3v) is 3.37. The fourth-order valence-electron chi connectivity index (χ4n) is 1.93. The quantitative estimate of drug-likeness (QED) is 0.847. The van der Waals surface area contributed by atoms with Gasteiger partial charge in [-0.25, -0.2) is 4.98 Å². The molecule has 0 saturated carbocycles. The largest absolute Gasteiger partial charge is 0.493 e. The molecule has 2 rings (SSSR count). The Morgan fingerprint density at radius 2 is 1.95 bits per heavy atom. The molecule has 5 heteroatoms. The van der Waals surface area contributed by atoms with Crippen molar-refractivity contribution in [2.24, 2.45) is 0 Å². The van der Waals surface area contributed by atoms with E-state index >= 15 is 0 Å². The SMILES string of the molecule is COc1cccnc1NC(=S)N[C@@H](C)c1ccc(C)cc1. The molecule has 0 aliphatic carbocycles. The summed E-state index contributed by atoms with van der Waals surface area (Å²) in [5, 5.41) is 6.81. The molecule has 0 spiro atoms. The zero-order valence-corrected chi connectivity index (χ0v) is 13.2. The van der Waals surface area contributed by atoms with Crippen molar-refractivity contribution in [3.05, 3.63) is 53.7 Å². The van der Waals surface area contributed by atoms with Gasteiger partial charge in [-0.05, 0) is 43.8 Å². The lowest BCUT2D eigenvalue weighted by Crippen LogP contribution is -2.31. The number of aromatic nitrogens is 1. The van der Waals surface area contributed by atoms with Gasteiger partial charge in [0.15, 0.2) is 16.7 Å². The minimum Gasteiger partial charge on any atom is -0.493 e. The second kappa shape index (κ2) is 7.04. The molecule has 0 bridgehead atoms. The van der Waals surface area contributed by atoms with Crippen LogP contribution in [-0.2, 0) is 0 Å². The summed E-state index contributed by atoms with van der Waals surface area (Å²) in [4.78, 5) is 4.22. The first kappa shape index (κ1) is 15.3. The van der Waals surface area contributed by atoms with Crippen LogP contribution in [0, 0.1) is 6.92 Å². The Kier molecular flexibility index (Phi) is 5.11. The molecule has 1 aromatic carbocycles. The van der Waals surface area contributed by atoms with Gasteiger partial charge in [0.25, 0.3) is 0 Å². The summed E-state index contributed by atoms with van der Waals surface area (Å²) in [5.41, 5.74) is 2.42. The average molecular weight is 301 g/mol. The zero-order chi connectivity index (χ0) is 15.2. The Labute approximate surface area is 130 Å². The van der Waals surface area contributed by atoms with E-state index < -0.39 is 0 Å². The van der Waals surface area contributed by atoms with Gasteiger partial charge in [0.2, 0.25) is 0 Å². The lowest BCUT2D eigenvalue weighted by atomic mass is 10.1. The van der Waals surface area contributed by atoms with Crippen molar-refractivity contribution in [2.75, 3.05) is 12.4 Å². The Morgan fingerprint density at radius 3 is 2.62 bits per heavy atom. The van der Waals surface area contributed by atoms with E-state index in [4.69, 9.17) is 17.0 Å². The zero-order valence-electron chi connectivity index (χ0n) is 12.4. The Balaban J connectivity index is 1.99. The molecule has 1 heterocycles. The maximum atomic E-state index is 5.33. The van der Waals surface area contributed by atoms with Gasteiger partial charge < -0.3 is 15.4 Å². The lowest BCUT2D eigenvalue weighted by Gasteiger charge is -2.18. The molecular formula is C16H19N3OS. The van der Waals surface area contributed by atoms with Crippen LogP contribution in [0.2, 0.25) is 0 Å². The standard InChI is InChI=1S/C16H19N3OS/c1-11-6-8-13(9-7-11)12(2)18-16(21)19-15-14(20-3)5-4-10-17-15/h4-10,12H,1-3H3,(H2,17,18,19,21)/t12-/m0/s1. The van der Waals surface area contributed by atoms with E-state index in [-0.39, 0.29) is 6.04 Å². The van der Waals surface area contributed by atoms with Crippen LogP contribution in [0.15, 0.2) is 42.6 Å². The molecule has 0 unspecified atom stereocenters. The van der Waals surface area contributed by atoms with Gasteiger partial charge in [0, 0.05) is 6.20 Å². The van der Waals surface area contributed by atoms with E-state index in [1.165, 1.54) is 11.1 Å². The van der Waals surface area contributed by atoms with Gasteiger partial charge in [-0.3, -0.25) is 0 Å². The van der Waals surface area contributed by atoms with Crippen molar-refractivity contribution in [3.8, 4) is 5.75 Å². The van der Waals surface area contributed by atoms with Crippen LogP contribution in [-0.4, -0.2) is 17.2 Å². The lowest BCUT2D eigenvalue weighted by molar-refractivity contribution is 0.415. The highest BCUT2D eigenvalue weighted by atomic mass is 32.1. The number of nitrogens with one attached hydrogen (secondary N) is 2. The second-order valence-electron chi connectivity index (χ2n) is 4.79. The predicted octanol–water partition coefficient (Wildman–Crippen LogP) is 3.45. The van der Waals surface area contributed by atoms with Gasteiger partial charge in [-0.15, -0.1) is 0 Å². The first-order chi connectivity index (χ1) is 10.1. The molecule has 4 nitrogen and oxygen atoms in total. The molecule has 21 heavy (non-hydrogen) atoms. The first-order valence-corrected chi connectivity index (χ1v) is 7.14. The second-order valence-corrected chi connectivity index (χ2v) is 5.19. The molecular weight excluding hydrogens is 282 g/mol. The average Bonchev–Trinajstić information content (AvgIpc) is 2.48. The first-order valence-electron chi connectivity index (χ1n) is 6.73. The highest BCUT2D eigenvalue weighted by Crippen LogP contribution is 2.20. The summed E-state index contributed by atoms with van der Waals surface area (Å²) >= 11 is 5.33. The van der Waals surface area contributed by atoms with Crippen LogP contribution in [0.1, 0.15) is 24.1 Å². The highest BCUT2D eigenvalue weighted by Gasteiger charge is 2.09. The number of anilines is 1. The number of thiocarbonyl (C=S) groups is 1. The number of benzene rings is 1. The van der Waals surface area contributed by atoms with Crippen LogP contribution in [0.3, 0.4) is 0 Å². The van der Waals surface area contributed by atoms with Crippen molar-refractivity contribution < 1.29 is 4.74 Å². The maximum absolute atomic E-state index is 5.33. The van der Waals surface area contributed by atoms with Gasteiger partial charge >= 0.3 is 0 Å². The Morgan fingerprint density at radius 1 is 1.24 bits per heavy atom. The van der Waals surface area contributed by atoms with Gasteiger partial charge in [-0.1, -0.05) is 29.8 Å². The number of rotatable bonds is 4. The smallest absolute Gasteiger partial charge is 0.174 e. The number of ether oxygens (including phenoxy) is 1. The van der Waals surface area contributed by atoms with Crippen molar-refractivity contribution in [1.29, 1.82) is 0 Å². The van der Waals surface area contributed by atoms with Crippen molar-refractivity contribution in [3.63, 3.8) is 0 Å². The minimum atomic E-state index is 0.111. The van der Waals surface area contributed by atoms with Crippen molar-refractivity contribution >= 4 is 23.1 Å². The van der Waals surface area contributed by atoms with Gasteiger partial charge in [0.1, 0.15) is 0 Å². The molecule has 110 valence electrons. The number of nitrogens with zero attached hydrogens (tertiary/aromatic N) is 1. The summed E-state index contributed by atoms with van der Waals surface area (Å²) in [6.45, 7) is 4.13. The fraction of sp³-hybridized carbons (Fsp3) is 0.250. The van der Waals surface area contributed by atoms with E-state index in [2.05, 4.69) is 53.7 Å². The van der Waals surface area contributed by atoms with E-state index in [1.807, 2.05) is 12.1 Å². The van der Waals surface area contributed by atoms with Crippen LogP contribution in [0.25, 0.3) is 0 Å². The normalized spacial score (nSPS) is 11.6. The molecule has 0 amide bonds. The molecule has 2 N–H and O–H groups in total. The number of methoxy groups -OCH3 is 1. The van der Waals surface area contributed by atoms with Crippen molar-refractivity contribution in [2.45, 2.75) is 19.9 Å². The van der Waals surface area contributed by atoms with Gasteiger partial charge in [-0.2, -0.15) is 0 Å². The van der Waals surface area contributed by atoms with E-state index in [0.717, 1.165) is 0 Å². The molecule has 0 aliphatic heterocycles. The van der Waals surface area contributed by atoms with Crippen LogP contribution >= 0.6 is 12.2 Å². The van der Waals surface area contributed by atoms with Crippen molar-refractivity contribution in [1.82, 2.24) is 10.3 Å². The summed E-state index contributed by atoms with van der Waals surface area (Å²) < 4.78 is 5.24. The summed E-state index contributed by atoms with van der Waals surface area (Å²) in [5.74, 6) is 1.26. The number of hydrogen-bond acceptors (Lipinski definition) is 3. The minimum absolute atomic E-state index is 0.111. The highest BCUT2D eigenvalue weighted by molar-refractivity contribution is 7.80. The molecule has 1 atom stereocenters. The third kappa shape index (κ3) is 4.16. The number of aryl methyl sites for hydroxylation is 1. The fourth-order valence-corrected chi connectivity index (χ4v) is 2.20. The van der Waals surface area contributed by atoms with Crippen LogP contribution in [0.4, 0.5) is 5.82 Å². The maximum Gasteiger partial charge on any atom is 0.174 e. The summed E-state index contributed by atoms with van der Waals surface area (Å²) in [6, 6.07) is 12.1. The molecule has 0 saturated heterocycles. The third-order valence-electron chi connectivity index (χ3n) is 3.15. The molecule has 0 aliphatic rings. The molecule has 2 aromatic rings. The summed E-state index contributed by atoms with van der Waals surface area (Å²) in [6.07, 6.45) is 1.69. The molecule has 1 aromatic heterocycles. The Bertz CT molecular complexity index is 613. The van der Waals surface area contributed by atoms with Crippen LogP contribution < -0.4 is 15.4 Å². The topological polar surface area (TPSA) is 46.2 Å². The Hall–Kier alpha value is -2.14. The predicted molar refractivity (Wildman–Crippen MR) is 89.7 cm³/mol. The summed E-state index contributed by atoms with van der Waals surface area (Å²) in [7, 11) is 1.60.